The first kappa shape index (κ1) is 10.8. The standard InChI is InChI=1S/C16H11ClN2/c1-18-16-12-4-2-3-5-13(12)19-14-9-11(17)7-6-10(14)8-15(16)19/h2-9H,1H3/b18-16+. The third-order valence-corrected chi connectivity index (χ3v) is 3.87. The lowest BCUT2D eigenvalue weighted by molar-refractivity contribution is 1.14. The summed E-state index contributed by atoms with van der Waals surface area (Å²) in [6.07, 6.45) is 0. The van der Waals surface area contributed by atoms with Gasteiger partial charge in [-0.2, -0.15) is 0 Å². The van der Waals surface area contributed by atoms with Crippen LogP contribution in [0.1, 0.15) is 11.3 Å². The normalized spacial score (nSPS) is 14.9. The van der Waals surface area contributed by atoms with Crippen molar-refractivity contribution < 1.29 is 0 Å². The second-order valence-electron chi connectivity index (χ2n) is 4.66. The minimum absolute atomic E-state index is 0.757. The zero-order valence-corrected chi connectivity index (χ0v) is 11.1. The molecule has 1 aromatic heterocycles. The molecule has 0 amide bonds. The molecule has 2 nitrogen and oxygen atoms in total. The van der Waals surface area contributed by atoms with Gasteiger partial charge in [0.2, 0.25) is 0 Å². The Bertz CT molecular complexity index is 843. The van der Waals surface area contributed by atoms with Gasteiger partial charge in [-0.15, -0.1) is 0 Å². The van der Waals surface area contributed by atoms with Crippen LogP contribution in [-0.2, 0) is 0 Å². The molecule has 1 aliphatic rings. The molecule has 0 aliphatic carbocycles. The number of nitrogens with zero attached hydrogens (tertiary/aromatic N) is 2. The van der Waals surface area contributed by atoms with Gasteiger partial charge in [0.25, 0.3) is 0 Å². The fourth-order valence-electron chi connectivity index (χ4n) is 2.85. The molecule has 19 heavy (non-hydrogen) atoms. The van der Waals surface area contributed by atoms with Gasteiger partial charge in [-0.1, -0.05) is 35.9 Å². The van der Waals surface area contributed by atoms with Crippen LogP contribution in [0.3, 0.4) is 0 Å². The van der Waals surface area contributed by atoms with E-state index < -0.39 is 0 Å². The minimum Gasteiger partial charge on any atom is -0.307 e. The molecule has 2 heterocycles. The number of hydrogen-bond acceptors (Lipinski definition) is 1. The fraction of sp³-hybridized carbons (Fsp3) is 0.0625. The van der Waals surface area contributed by atoms with Crippen LogP contribution in [0.2, 0.25) is 5.02 Å². The molecule has 3 heteroatoms. The predicted molar refractivity (Wildman–Crippen MR) is 79.8 cm³/mol. The van der Waals surface area contributed by atoms with Crippen LogP contribution in [0.15, 0.2) is 53.5 Å². The number of aromatic nitrogens is 1. The lowest BCUT2D eigenvalue weighted by atomic mass is 10.1. The molecule has 0 fully saturated rings. The Morgan fingerprint density at radius 1 is 1.05 bits per heavy atom. The summed E-state index contributed by atoms with van der Waals surface area (Å²) in [5.41, 5.74) is 5.68. The van der Waals surface area contributed by atoms with E-state index in [0.29, 0.717) is 0 Å². The molecule has 0 unspecified atom stereocenters. The molecular weight excluding hydrogens is 256 g/mol. The van der Waals surface area contributed by atoms with E-state index in [-0.39, 0.29) is 0 Å². The summed E-state index contributed by atoms with van der Waals surface area (Å²) < 4.78 is 2.24. The van der Waals surface area contributed by atoms with Crippen LogP contribution >= 0.6 is 11.6 Å². The van der Waals surface area contributed by atoms with Gasteiger partial charge in [-0.05, 0) is 24.3 Å². The Labute approximate surface area is 116 Å². The minimum atomic E-state index is 0.757. The van der Waals surface area contributed by atoms with Crippen LogP contribution < -0.4 is 0 Å². The van der Waals surface area contributed by atoms with Crippen molar-refractivity contribution in [2.24, 2.45) is 4.99 Å². The van der Waals surface area contributed by atoms with Gasteiger partial charge in [0.1, 0.15) is 0 Å². The van der Waals surface area contributed by atoms with Gasteiger partial charge < -0.3 is 4.57 Å². The van der Waals surface area contributed by atoms with E-state index in [4.69, 9.17) is 11.6 Å². The van der Waals surface area contributed by atoms with E-state index in [9.17, 15) is 0 Å². The second-order valence-corrected chi connectivity index (χ2v) is 5.09. The molecule has 0 atom stereocenters. The Kier molecular flexibility index (Phi) is 2.12. The molecule has 0 spiro atoms. The summed E-state index contributed by atoms with van der Waals surface area (Å²) in [4.78, 5) is 4.45. The first-order valence-electron chi connectivity index (χ1n) is 6.17. The van der Waals surface area contributed by atoms with Crippen LogP contribution in [0, 0.1) is 0 Å². The summed E-state index contributed by atoms with van der Waals surface area (Å²) in [5.74, 6) is 0. The van der Waals surface area contributed by atoms with E-state index in [0.717, 1.165) is 21.9 Å². The zero-order valence-electron chi connectivity index (χ0n) is 10.4. The van der Waals surface area contributed by atoms with Crippen LogP contribution in [0.25, 0.3) is 16.6 Å². The Morgan fingerprint density at radius 2 is 1.89 bits per heavy atom. The van der Waals surface area contributed by atoms with E-state index in [1.165, 1.54) is 16.6 Å². The summed E-state index contributed by atoms with van der Waals surface area (Å²) in [6.45, 7) is 0. The number of para-hydroxylation sites is 1. The van der Waals surface area contributed by atoms with Gasteiger partial charge in [0.15, 0.2) is 0 Å². The number of aliphatic imine (C=N–C) groups is 1. The molecule has 1 aliphatic heterocycles. The second kappa shape index (κ2) is 3.72. The van der Waals surface area contributed by atoms with Gasteiger partial charge >= 0.3 is 0 Å². The molecule has 0 N–H and O–H groups in total. The third-order valence-electron chi connectivity index (χ3n) is 3.63. The van der Waals surface area contributed by atoms with Crippen LogP contribution in [0.4, 0.5) is 0 Å². The van der Waals surface area contributed by atoms with Gasteiger partial charge in [0, 0.05) is 23.0 Å². The highest BCUT2D eigenvalue weighted by Gasteiger charge is 2.26. The van der Waals surface area contributed by atoms with Crippen molar-refractivity contribution in [2.45, 2.75) is 0 Å². The largest absolute Gasteiger partial charge is 0.307 e. The lowest BCUT2D eigenvalue weighted by Crippen LogP contribution is -1.97. The van der Waals surface area contributed by atoms with Crippen molar-refractivity contribution in [1.29, 1.82) is 0 Å². The Hall–Kier alpha value is -2.06. The highest BCUT2D eigenvalue weighted by molar-refractivity contribution is 6.31. The molecule has 0 bridgehead atoms. The molecular formula is C16H11ClN2. The van der Waals surface area contributed by atoms with E-state index in [1.807, 2.05) is 25.2 Å². The van der Waals surface area contributed by atoms with Crippen molar-refractivity contribution in [1.82, 2.24) is 4.57 Å². The molecule has 0 saturated heterocycles. The first-order chi connectivity index (χ1) is 9.29. The lowest BCUT2D eigenvalue weighted by Gasteiger charge is -2.04. The summed E-state index contributed by atoms with van der Waals surface area (Å²) in [5, 5.41) is 1.95. The van der Waals surface area contributed by atoms with E-state index in [2.05, 4.69) is 39.9 Å². The molecule has 0 radical (unpaired) electrons. The molecule has 2 aromatic carbocycles. The molecule has 92 valence electrons. The zero-order chi connectivity index (χ0) is 13.0. The summed E-state index contributed by atoms with van der Waals surface area (Å²) in [7, 11) is 1.84. The number of fused-ring (bicyclic) bond motifs is 5. The van der Waals surface area contributed by atoms with E-state index >= 15 is 0 Å². The summed E-state index contributed by atoms with van der Waals surface area (Å²) >= 11 is 6.13. The third kappa shape index (κ3) is 1.35. The van der Waals surface area contributed by atoms with E-state index in [1.54, 1.807) is 0 Å². The van der Waals surface area contributed by atoms with Gasteiger partial charge in [0.05, 0.1) is 22.6 Å². The monoisotopic (exact) mass is 266 g/mol. The maximum absolute atomic E-state index is 6.13. The van der Waals surface area contributed by atoms with Gasteiger partial charge in [-0.3, -0.25) is 4.99 Å². The summed E-state index contributed by atoms with van der Waals surface area (Å²) in [6, 6.07) is 16.5. The quantitative estimate of drug-likeness (QED) is 0.457. The molecule has 4 rings (SSSR count). The maximum atomic E-state index is 6.13. The average Bonchev–Trinajstić information content (AvgIpc) is 2.92. The SMILES string of the molecule is C/N=C1\c2ccccc2-n2c1cc1ccc(Cl)cc12. The van der Waals surface area contributed by atoms with Crippen molar-refractivity contribution in [3.63, 3.8) is 0 Å². The Morgan fingerprint density at radius 3 is 2.74 bits per heavy atom. The maximum Gasteiger partial charge on any atom is 0.0904 e. The highest BCUT2D eigenvalue weighted by Crippen LogP contribution is 2.35. The first-order valence-corrected chi connectivity index (χ1v) is 6.55. The van der Waals surface area contributed by atoms with Crippen molar-refractivity contribution in [2.75, 3.05) is 7.05 Å². The number of hydrogen-bond donors (Lipinski definition) is 0. The van der Waals surface area contributed by atoms with Gasteiger partial charge in [-0.25, -0.2) is 0 Å². The average molecular weight is 267 g/mol. The Balaban J connectivity index is 2.19. The smallest absolute Gasteiger partial charge is 0.0904 e. The molecule has 3 aromatic rings. The predicted octanol–water partition coefficient (Wildman–Crippen LogP) is 4.06. The van der Waals surface area contributed by atoms with Crippen molar-refractivity contribution >= 4 is 28.2 Å². The van der Waals surface area contributed by atoms with Crippen molar-refractivity contribution in [3.05, 3.63) is 64.8 Å². The highest BCUT2D eigenvalue weighted by atomic mass is 35.5. The van der Waals surface area contributed by atoms with Crippen LogP contribution in [-0.4, -0.2) is 17.3 Å². The number of benzene rings is 2. The molecule has 0 saturated carbocycles. The van der Waals surface area contributed by atoms with Crippen molar-refractivity contribution in [3.8, 4) is 5.69 Å². The van der Waals surface area contributed by atoms with Crippen LogP contribution in [0.5, 0.6) is 0 Å². The fourth-order valence-corrected chi connectivity index (χ4v) is 3.02. The number of halogens is 1. The number of rotatable bonds is 0. The topological polar surface area (TPSA) is 17.3 Å².